The van der Waals surface area contributed by atoms with Crippen LogP contribution in [0.1, 0.15) is 11.1 Å². The molecule has 0 aliphatic heterocycles. The fraction of sp³-hybridized carbons (Fsp3) is 0.167. The average molecular weight is 390 g/mol. The third-order valence-corrected chi connectivity index (χ3v) is 5.10. The van der Waals surface area contributed by atoms with Crippen LogP contribution in [-0.4, -0.2) is 17.8 Å². The van der Waals surface area contributed by atoms with Crippen molar-refractivity contribution in [1.29, 1.82) is 0 Å². The van der Waals surface area contributed by atoms with E-state index in [1.807, 2.05) is 36.4 Å². The lowest BCUT2D eigenvalue weighted by atomic mass is 10.2. The van der Waals surface area contributed by atoms with Gasteiger partial charge in [-0.15, -0.1) is 0 Å². The Labute approximate surface area is 170 Å². The molecule has 0 saturated heterocycles. The van der Waals surface area contributed by atoms with Crippen LogP contribution in [0.2, 0.25) is 0 Å². The minimum atomic E-state index is 0.278. The molecule has 0 spiro atoms. The Balaban J connectivity index is 1.46. The molecule has 144 valence electrons. The van der Waals surface area contributed by atoms with Crippen molar-refractivity contribution in [3.8, 4) is 5.75 Å². The second kappa shape index (κ2) is 12.1. The van der Waals surface area contributed by atoms with Crippen molar-refractivity contribution in [3.63, 3.8) is 0 Å². The SMILES string of the molecule is C(=C/CN(Cc1ccccc1)POc1ccccc1)/CNCc1ccccc1. The largest absolute Gasteiger partial charge is 0.461 e. The third kappa shape index (κ3) is 7.66. The predicted molar refractivity (Wildman–Crippen MR) is 120 cm³/mol. The lowest BCUT2D eigenvalue weighted by molar-refractivity contribution is 0.456. The summed E-state index contributed by atoms with van der Waals surface area (Å²) in [7, 11) is 0.278. The molecular formula is C24H27N2OP. The monoisotopic (exact) mass is 390 g/mol. The van der Waals surface area contributed by atoms with Crippen LogP contribution >= 0.6 is 8.96 Å². The van der Waals surface area contributed by atoms with E-state index in [0.717, 1.165) is 31.9 Å². The second-order valence-electron chi connectivity index (χ2n) is 6.46. The smallest absolute Gasteiger partial charge is 0.150 e. The predicted octanol–water partition coefficient (Wildman–Crippen LogP) is 5.42. The lowest BCUT2D eigenvalue weighted by Crippen LogP contribution is -2.16. The summed E-state index contributed by atoms with van der Waals surface area (Å²) in [6.45, 7) is 3.47. The van der Waals surface area contributed by atoms with Gasteiger partial charge in [-0.2, -0.15) is 0 Å². The van der Waals surface area contributed by atoms with Gasteiger partial charge in [-0.25, -0.2) is 4.67 Å². The van der Waals surface area contributed by atoms with Gasteiger partial charge in [-0.3, -0.25) is 0 Å². The molecule has 0 saturated carbocycles. The van der Waals surface area contributed by atoms with E-state index >= 15 is 0 Å². The zero-order valence-electron chi connectivity index (χ0n) is 16.0. The summed E-state index contributed by atoms with van der Waals surface area (Å²) in [5, 5.41) is 3.45. The first-order valence-electron chi connectivity index (χ1n) is 9.56. The van der Waals surface area contributed by atoms with E-state index in [2.05, 4.69) is 76.7 Å². The van der Waals surface area contributed by atoms with E-state index < -0.39 is 0 Å². The van der Waals surface area contributed by atoms with E-state index in [4.69, 9.17) is 4.52 Å². The van der Waals surface area contributed by atoms with Crippen molar-refractivity contribution in [2.75, 3.05) is 13.1 Å². The van der Waals surface area contributed by atoms with Gasteiger partial charge in [-0.05, 0) is 23.3 Å². The molecule has 0 bridgehead atoms. The molecule has 1 N–H and O–H groups in total. The van der Waals surface area contributed by atoms with Gasteiger partial charge in [0.15, 0.2) is 0 Å². The van der Waals surface area contributed by atoms with Crippen LogP contribution in [0.25, 0.3) is 0 Å². The Morgan fingerprint density at radius 3 is 2.04 bits per heavy atom. The Morgan fingerprint density at radius 2 is 1.36 bits per heavy atom. The van der Waals surface area contributed by atoms with Crippen molar-refractivity contribution in [1.82, 2.24) is 9.99 Å². The van der Waals surface area contributed by atoms with Gasteiger partial charge in [0.25, 0.3) is 0 Å². The molecule has 0 radical (unpaired) electrons. The number of rotatable bonds is 11. The molecular weight excluding hydrogens is 363 g/mol. The van der Waals surface area contributed by atoms with Gasteiger partial charge in [0.1, 0.15) is 14.7 Å². The molecule has 1 atom stereocenters. The highest BCUT2D eigenvalue weighted by Gasteiger charge is 2.06. The van der Waals surface area contributed by atoms with Gasteiger partial charge < -0.3 is 9.84 Å². The van der Waals surface area contributed by atoms with Crippen LogP contribution in [0, 0.1) is 0 Å². The molecule has 0 heterocycles. The first-order valence-corrected chi connectivity index (χ1v) is 10.4. The van der Waals surface area contributed by atoms with Crippen molar-refractivity contribution in [2.45, 2.75) is 13.1 Å². The van der Waals surface area contributed by atoms with Crippen LogP contribution in [0.3, 0.4) is 0 Å². The standard InChI is InChI=1S/C24H27N2OP/c1-4-12-22(13-5-1)20-25-18-10-11-19-26(21-23-14-6-2-7-15-23)28-27-24-16-8-3-9-17-24/h1-17,25,28H,18-21H2/b11-10-. The van der Waals surface area contributed by atoms with E-state index in [1.165, 1.54) is 11.1 Å². The number of hydrogen-bond donors (Lipinski definition) is 1. The Kier molecular flexibility index (Phi) is 8.76. The summed E-state index contributed by atoms with van der Waals surface area (Å²) in [4.78, 5) is 0. The second-order valence-corrected chi connectivity index (χ2v) is 7.48. The van der Waals surface area contributed by atoms with Crippen molar-refractivity contribution >= 4 is 8.96 Å². The molecule has 0 fully saturated rings. The van der Waals surface area contributed by atoms with Crippen molar-refractivity contribution in [3.05, 3.63) is 114 Å². The molecule has 3 aromatic rings. The van der Waals surface area contributed by atoms with Gasteiger partial charge >= 0.3 is 0 Å². The highest BCUT2D eigenvalue weighted by Crippen LogP contribution is 2.25. The minimum absolute atomic E-state index is 0.278. The highest BCUT2D eigenvalue weighted by atomic mass is 31.1. The summed E-state index contributed by atoms with van der Waals surface area (Å²) in [5.74, 6) is 0.910. The van der Waals surface area contributed by atoms with Crippen molar-refractivity contribution < 1.29 is 4.52 Å². The molecule has 0 amide bonds. The zero-order valence-corrected chi connectivity index (χ0v) is 17.0. The number of benzene rings is 3. The zero-order chi connectivity index (χ0) is 19.3. The fourth-order valence-electron chi connectivity index (χ4n) is 2.72. The van der Waals surface area contributed by atoms with E-state index in [1.54, 1.807) is 0 Å². The maximum absolute atomic E-state index is 5.98. The minimum Gasteiger partial charge on any atom is -0.461 e. The summed E-state index contributed by atoms with van der Waals surface area (Å²) in [6, 6.07) is 31.0. The summed E-state index contributed by atoms with van der Waals surface area (Å²) in [6.07, 6.45) is 4.40. The first kappa shape index (κ1) is 20.3. The number of nitrogens with zero attached hydrogens (tertiary/aromatic N) is 1. The van der Waals surface area contributed by atoms with Crippen LogP contribution in [0.5, 0.6) is 5.75 Å². The molecule has 28 heavy (non-hydrogen) atoms. The maximum Gasteiger partial charge on any atom is 0.150 e. The van der Waals surface area contributed by atoms with Gasteiger partial charge in [0.2, 0.25) is 0 Å². The lowest BCUT2D eigenvalue weighted by Gasteiger charge is -2.20. The van der Waals surface area contributed by atoms with Crippen LogP contribution in [-0.2, 0) is 13.1 Å². The molecule has 3 nitrogen and oxygen atoms in total. The third-order valence-electron chi connectivity index (χ3n) is 4.18. The van der Waals surface area contributed by atoms with E-state index in [9.17, 15) is 0 Å². The van der Waals surface area contributed by atoms with Gasteiger partial charge in [0.05, 0.1) is 0 Å². The number of nitrogens with one attached hydrogen (secondary N) is 1. The molecule has 0 aromatic heterocycles. The quantitative estimate of drug-likeness (QED) is 0.269. The average Bonchev–Trinajstić information content (AvgIpc) is 2.76. The summed E-state index contributed by atoms with van der Waals surface area (Å²) >= 11 is 0. The number of para-hydroxylation sites is 1. The summed E-state index contributed by atoms with van der Waals surface area (Å²) in [5.41, 5.74) is 2.60. The molecule has 1 unspecified atom stereocenters. The molecule has 3 aromatic carbocycles. The van der Waals surface area contributed by atoms with Crippen molar-refractivity contribution in [2.24, 2.45) is 0 Å². The van der Waals surface area contributed by atoms with Crippen LogP contribution < -0.4 is 9.84 Å². The summed E-state index contributed by atoms with van der Waals surface area (Å²) < 4.78 is 8.30. The molecule has 0 aliphatic rings. The Bertz CT molecular complexity index is 810. The number of hydrogen-bond acceptors (Lipinski definition) is 3. The Morgan fingerprint density at radius 1 is 0.750 bits per heavy atom. The molecule has 3 rings (SSSR count). The molecule has 4 heteroatoms. The van der Waals surface area contributed by atoms with Crippen LogP contribution in [0.15, 0.2) is 103 Å². The maximum atomic E-state index is 5.98. The van der Waals surface area contributed by atoms with Crippen LogP contribution in [0.4, 0.5) is 0 Å². The van der Waals surface area contributed by atoms with E-state index in [-0.39, 0.29) is 8.96 Å². The van der Waals surface area contributed by atoms with Gasteiger partial charge in [-0.1, -0.05) is 91.0 Å². The molecule has 0 aliphatic carbocycles. The first-order chi connectivity index (χ1) is 13.9. The van der Waals surface area contributed by atoms with Gasteiger partial charge in [0, 0.05) is 26.2 Å². The van der Waals surface area contributed by atoms with E-state index in [0.29, 0.717) is 0 Å². The Hall–Kier alpha value is -2.45. The highest BCUT2D eigenvalue weighted by molar-refractivity contribution is 7.29. The topological polar surface area (TPSA) is 24.5 Å². The fourth-order valence-corrected chi connectivity index (χ4v) is 3.52. The normalized spacial score (nSPS) is 11.6.